The van der Waals surface area contributed by atoms with Gasteiger partial charge in [-0.15, -0.1) is 0 Å². The smallest absolute Gasteiger partial charge is 0.236 e. The van der Waals surface area contributed by atoms with Gasteiger partial charge < -0.3 is 11.1 Å². The van der Waals surface area contributed by atoms with Crippen molar-refractivity contribution in [2.24, 2.45) is 0 Å². The van der Waals surface area contributed by atoms with Gasteiger partial charge in [0.1, 0.15) is 5.25 Å². The molecule has 0 aromatic carbocycles. The van der Waals surface area contributed by atoms with Gasteiger partial charge in [-0.05, 0) is 31.9 Å². The van der Waals surface area contributed by atoms with Gasteiger partial charge in [0.2, 0.25) is 5.91 Å². The summed E-state index contributed by atoms with van der Waals surface area (Å²) in [6, 6.07) is 3.55. The van der Waals surface area contributed by atoms with E-state index in [4.69, 9.17) is 5.73 Å². The third kappa shape index (κ3) is 3.56. The highest BCUT2D eigenvalue weighted by Crippen LogP contribution is 2.19. The molecular formula is C14H21N3O2S. The maximum absolute atomic E-state index is 12.4. The molecule has 2 rings (SSSR count). The summed E-state index contributed by atoms with van der Waals surface area (Å²) in [7, 11) is -1.52. The molecule has 1 aliphatic carbocycles. The number of aromatic nitrogens is 1. The molecule has 20 heavy (non-hydrogen) atoms. The fourth-order valence-corrected chi connectivity index (χ4v) is 3.46. The van der Waals surface area contributed by atoms with E-state index in [1.165, 1.54) is 12.6 Å². The van der Waals surface area contributed by atoms with Crippen LogP contribution in [0.25, 0.3) is 0 Å². The molecule has 0 spiro atoms. The van der Waals surface area contributed by atoms with E-state index in [0.717, 1.165) is 25.7 Å². The number of nitrogen functional groups attached to an aromatic ring is 1. The zero-order valence-electron chi connectivity index (χ0n) is 11.7. The third-order valence-electron chi connectivity index (χ3n) is 3.63. The fourth-order valence-electron chi connectivity index (χ4n) is 2.40. The molecular weight excluding hydrogens is 274 g/mol. The minimum Gasteiger partial charge on any atom is -0.396 e. The van der Waals surface area contributed by atoms with Gasteiger partial charge in [-0.25, -0.2) is 4.98 Å². The number of carbonyl (C=O) groups excluding carboxylic acids is 1. The van der Waals surface area contributed by atoms with E-state index in [9.17, 15) is 9.00 Å². The summed E-state index contributed by atoms with van der Waals surface area (Å²) < 4.78 is 12.4. The molecule has 0 radical (unpaired) electrons. The quantitative estimate of drug-likeness (QED) is 0.883. The van der Waals surface area contributed by atoms with Crippen LogP contribution in [-0.2, 0) is 15.6 Å². The van der Waals surface area contributed by atoms with Crippen LogP contribution in [0.1, 0.15) is 39.0 Å². The largest absolute Gasteiger partial charge is 0.396 e. The average molecular weight is 295 g/mol. The molecule has 3 N–H and O–H groups in total. The molecule has 0 bridgehead atoms. The lowest BCUT2D eigenvalue weighted by Crippen LogP contribution is -2.42. The zero-order chi connectivity index (χ0) is 14.5. The van der Waals surface area contributed by atoms with Crippen LogP contribution in [0, 0.1) is 0 Å². The molecule has 2 atom stereocenters. The van der Waals surface area contributed by atoms with Crippen molar-refractivity contribution in [3.8, 4) is 0 Å². The van der Waals surface area contributed by atoms with Gasteiger partial charge in [0.05, 0.1) is 16.5 Å². The van der Waals surface area contributed by atoms with Gasteiger partial charge in [0, 0.05) is 12.2 Å². The van der Waals surface area contributed by atoms with Gasteiger partial charge in [0.25, 0.3) is 0 Å². The summed E-state index contributed by atoms with van der Waals surface area (Å²) in [6.45, 7) is 1.66. The number of hydrogen-bond donors (Lipinski definition) is 2. The summed E-state index contributed by atoms with van der Waals surface area (Å²) in [5, 5.41) is 2.63. The maximum Gasteiger partial charge on any atom is 0.236 e. The number of carbonyl (C=O) groups is 1. The van der Waals surface area contributed by atoms with Crippen molar-refractivity contribution in [1.82, 2.24) is 10.3 Å². The molecule has 5 nitrogen and oxygen atoms in total. The Morgan fingerprint density at radius 3 is 2.80 bits per heavy atom. The molecule has 110 valence electrons. The van der Waals surface area contributed by atoms with Crippen LogP contribution in [0.15, 0.2) is 23.4 Å². The second kappa shape index (κ2) is 6.83. The van der Waals surface area contributed by atoms with Gasteiger partial charge >= 0.3 is 0 Å². The SMILES string of the molecule is CC(C(=O)NC1CCCCC1)S(=O)c1ncccc1N. The van der Waals surface area contributed by atoms with Crippen LogP contribution in [0.5, 0.6) is 0 Å². The monoisotopic (exact) mass is 295 g/mol. The summed E-state index contributed by atoms with van der Waals surface area (Å²) in [6.07, 6.45) is 7.09. The minimum atomic E-state index is -1.52. The van der Waals surface area contributed by atoms with E-state index in [1.807, 2.05) is 0 Å². The Bertz CT molecular complexity index is 501. The molecule has 1 aromatic rings. The van der Waals surface area contributed by atoms with E-state index >= 15 is 0 Å². The topological polar surface area (TPSA) is 85.1 Å². The van der Waals surface area contributed by atoms with Gasteiger partial charge in [0.15, 0.2) is 5.03 Å². The summed E-state index contributed by atoms with van der Waals surface area (Å²) in [5.41, 5.74) is 6.12. The van der Waals surface area contributed by atoms with Crippen molar-refractivity contribution in [3.63, 3.8) is 0 Å². The Morgan fingerprint density at radius 2 is 2.15 bits per heavy atom. The number of nitrogens with zero attached hydrogens (tertiary/aromatic N) is 1. The maximum atomic E-state index is 12.4. The van der Waals surface area contributed by atoms with Crippen molar-refractivity contribution < 1.29 is 9.00 Å². The first-order chi connectivity index (χ1) is 9.59. The summed E-state index contributed by atoms with van der Waals surface area (Å²) in [4.78, 5) is 16.2. The Kier molecular flexibility index (Phi) is 5.11. The lowest BCUT2D eigenvalue weighted by atomic mass is 9.95. The Balaban J connectivity index is 1.99. The van der Waals surface area contributed by atoms with Crippen LogP contribution in [0.4, 0.5) is 5.69 Å². The highest BCUT2D eigenvalue weighted by molar-refractivity contribution is 7.86. The van der Waals surface area contributed by atoms with Gasteiger partial charge in [-0.2, -0.15) is 0 Å². The molecule has 1 fully saturated rings. The first-order valence-electron chi connectivity index (χ1n) is 7.01. The molecule has 6 heteroatoms. The van der Waals surface area contributed by atoms with E-state index in [2.05, 4.69) is 10.3 Å². The fraction of sp³-hybridized carbons (Fsp3) is 0.571. The van der Waals surface area contributed by atoms with E-state index in [0.29, 0.717) is 10.7 Å². The normalized spacial score (nSPS) is 19.2. The number of pyridine rings is 1. The van der Waals surface area contributed by atoms with Crippen molar-refractivity contribution in [2.75, 3.05) is 5.73 Å². The molecule has 1 aliphatic rings. The van der Waals surface area contributed by atoms with E-state index in [-0.39, 0.29) is 11.9 Å². The van der Waals surface area contributed by atoms with Crippen molar-refractivity contribution >= 4 is 22.4 Å². The van der Waals surface area contributed by atoms with Gasteiger partial charge in [-0.3, -0.25) is 9.00 Å². The first kappa shape index (κ1) is 15.0. The molecule has 1 saturated carbocycles. The molecule has 0 aliphatic heterocycles. The lowest BCUT2D eigenvalue weighted by Gasteiger charge is -2.24. The summed E-state index contributed by atoms with van der Waals surface area (Å²) >= 11 is 0. The predicted octanol–water partition coefficient (Wildman–Crippen LogP) is 1.61. The predicted molar refractivity (Wildman–Crippen MR) is 79.5 cm³/mol. The zero-order valence-corrected chi connectivity index (χ0v) is 12.5. The van der Waals surface area contributed by atoms with Crippen LogP contribution < -0.4 is 11.1 Å². The Labute approximate surface area is 121 Å². The first-order valence-corrected chi connectivity index (χ1v) is 8.22. The number of rotatable bonds is 4. The average Bonchev–Trinajstić information content (AvgIpc) is 2.47. The highest BCUT2D eigenvalue weighted by atomic mass is 32.2. The third-order valence-corrected chi connectivity index (χ3v) is 5.21. The molecule has 1 heterocycles. The Hall–Kier alpha value is -1.43. The number of nitrogens with one attached hydrogen (secondary N) is 1. The second-order valence-electron chi connectivity index (χ2n) is 5.18. The molecule has 2 unspecified atom stereocenters. The van der Waals surface area contributed by atoms with Crippen molar-refractivity contribution in [2.45, 2.75) is 55.3 Å². The minimum absolute atomic E-state index is 0.180. The van der Waals surface area contributed by atoms with Crippen LogP contribution >= 0.6 is 0 Å². The lowest BCUT2D eigenvalue weighted by molar-refractivity contribution is -0.121. The van der Waals surface area contributed by atoms with Crippen LogP contribution in [0.2, 0.25) is 0 Å². The highest BCUT2D eigenvalue weighted by Gasteiger charge is 2.26. The van der Waals surface area contributed by atoms with Crippen LogP contribution in [0.3, 0.4) is 0 Å². The van der Waals surface area contributed by atoms with E-state index < -0.39 is 16.0 Å². The number of hydrogen-bond acceptors (Lipinski definition) is 4. The van der Waals surface area contributed by atoms with Crippen LogP contribution in [-0.4, -0.2) is 26.4 Å². The molecule has 1 amide bonds. The number of anilines is 1. The van der Waals surface area contributed by atoms with Crippen molar-refractivity contribution in [1.29, 1.82) is 0 Å². The summed E-state index contributed by atoms with van der Waals surface area (Å²) in [5.74, 6) is -0.180. The van der Waals surface area contributed by atoms with Crippen molar-refractivity contribution in [3.05, 3.63) is 18.3 Å². The number of amides is 1. The Morgan fingerprint density at radius 1 is 1.45 bits per heavy atom. The number of nitrogens with two attached hydrogens (primary N) is 1. The van der Waals surface area contributed by atoms with E-state index in [1.54, 1.807) is 19.1 Å². The second-order valence-corrected chi connectivity index (χ2v) is 6.87. The standard InChI is InChI=1S/C14H21N3O2S/c1-10(13(18)17-11-6-3-2-4-7-11)20(19)14-12(15)8-5-9-16-14/h5,8-11H,2-4,6-7,15H2,1H3,(H,17,18). The molecule has 1 aromatic heterocycles. The molecule has 0 saturated heterocycles. The van der Waals surface area contributed by atoms with Gasteiger partial charge in [-0.1, -0.05) is 19.3 Å².